The molecule has 0 aliphatic carbocycles. The molecule has 0 unspecified atom stereocenters. The number of hydrogen-bond donors (Lipinski definition) is 1. The van der Waals surface area contributed by atoms with Crippen LogP contribution in [0.4, 0.5) is 0 Å². The Balaban J connectivity index is 1.57. The van der Waals surface area contributed by atoms with E-state index < -0.39 is 0 Å². The monoisotopic (exact) mass is 291 g/mol. The molecule has 1 heterocycles. The molecule has 0 aliphatic rings. The highest BCUT2D eigenvalue weighted by Gasteiger charge is 2.02. The molecule has 1 aromatic heterocycles. The summed E-state index contributed by atoms with van der Waals surface area (Å²) in [6.45, 7) is 2.89. The van der Waals surface area contributed by atoms with Crippen molar-refractivity contribution in [1.82, 2.24) is 25.5 Å². The normalized spacial score (nSPS) is 10.4. The van der Waals surface area contributed by atoms with Crippen molar-refractivity contribution in [3.05, 3.63) is 41.7 Å². The first-order valence-electron chi connectivity index (χ1n) is 6.35. The zero-order valence-electron chi connectivity index (χ0n) is 11.3. The van der Waals surface area contributed by atoms with Crippen LogP contribution in [0.2, 0.25) is 0 Å². The summed E-state index contributed by atoms with van der Waals surface area (Å²) in [5.41, 5.74) is 2.58. The smallest absolute Gasteiger partial charge is 0.241 e. The number of hydrogen-bond acceptors (Lipinski definition) is 5. The van der Waals surface area contributed by atoms with Gasteiger partial charge in [-0.25, -0.2) is 4.68 Å². The molecule has 2 rings (SSSR count). The van der Waals surface area contributed by atoms with Gasteiger partial charge in [-0.3, -0.25) is 4.79 Å². The lowest BCUT2D eigenvalue weighted by Gasteiger charge is -2.05. The number of tetrazole rings is 1. The lowest BCUT2D eigenvalue weighted by molar-refractivity contribution is -0.121. The van der Waals surface area contributed by atoms with Crippen LogP contribution >= 0.6 is 11.8 Å². The number of rotatable bonds is 7. The SMILES string of the molecule is Cc1ccc(CSCCNC(=O)Cn2cnnn2)cc1. The van der Waals surface area contributed by atoms with Crippen LogP contribution in [0.3, 0.4) is 0 Å². The maximum Gasteiger partial charge on any atom is 0.241 e. The largest absolute Gasteiger partial charge is 0.354 e. The molecule has 106 valence electrons. The van der Waals surface area contributed by atoms with Crippen molar-refractivity contribution in [2.24, 2.45) is 0 Å². The van der Waals surface area contributed by atoms with Crippen LogP contribution in [0.5, 0.6) is 0 Å². The predicted molar refractivity (Wildman–Crippen MR) is 78.2 cm³/mol. The van der Waals surface area contributed by atoms with E-state index in [1.54, 1.807) is 11.8 Å². The number of aryl methyl sites for hydroxylation is 1. The van der Waals surface area contributed by atoms with Crippen LogP contribution in [-0.4, -0.2) is 38.4 Å². The summed E-state index contributed by atoms with van der Waals surface area (Å²) in [6, 6.07) is 8.50. The molecule has 0 atom stereocenters. The lowest BCUT2D eigenvalue weighted by Crippen LogP contribution is -2.29. The Labute approximate surface area is 121 Å². The van der Waals surface area contributed by atoms with Gasteiger partial charge in [0.1, 0.15) is 12.9 Å². The minimum Gasteiger partial charge on any atom is -0.354 e. The van der Waals surface area contributed by atoms with Crippen LogP contribution in [0.25, 0.3) is 0 Å². The first-order valence-corrected chi connectivity index (χ1v) is 7.50. The zero-order valence-corrected chi connectivity index (χ0v) is 12.1. The topological polar surface area (TPSA) is 72.7 Å². The quantitative estimate of drug-likeness (QED) is 0.771. The minimum atomic E-state index is -0.0757. The molecule has 0 fully saturated rings. The van der Waals surface area contributed by atoms with Gasteiger partial charge in [0.2, 0.25) is 5.91 Å². The summed E-state index contributed by atoms with van der Waals surface area (Å²) < 4.78 is 1.40. The number of carbonyl (C=O) groups excluding carboxylic acids is 1. The molecule has 0 saturated carbocycles. The highest BCUT2D eigenvalue weighted by Crippen LogP contribution is 2.12. The van der Waals surface area contributed by atoms with E-state index in [0.717, 1.165) is 11.5 Å². The van der Waals surface area contributed by atoms with Crippen LogP contribution in [0.15, 0.2) is 30.6 Å². The second-order valence-electron chi connectivity index (χ2n) is 4.40. The summed E-state index contributed by atoms with van der Waals surface area (Å²) >= 11 is 1.80. The molecule has 20 heavy (non-hydrogen) atoms. The highest BCUT2D eigenvalue weighted by atomic mass is 32.2. The zero-order chi connectivity index (χ0) is 14.2. The van der Waals surface area contributed by atoms with Gasteiger partial charge in [0, 0.05) is 18.1 Å². The van der Waals surface area contributed by atoms with Crippen LogP contribution < -0.4 is 5.32 Å². The first-order chi connectivity index (χ1) is 9.74. The van der Waals surface area contributed by atoms with E-state index in [-0.39, 0.29) is 12.5 Å². The number of thioether (sulfide) groups is 1. The molecule has 0 saturated heterocycles. The van der Waals surface area contributed by atoms with Crippen molar-refractivity contribution in [2.45, 2.75) is 19.2 Å². The first kappa shape index (κ1) is 14.5. The molecule has 1 amide bonds. The highest BCUT2D eigenvalue weighted by molar-refractivity contribution is 7.98. The van der Waals surface area contributed by atoms with E-state index >= 15 is 0 Å². The van der Waals surface area contributed by atoms with Gasteiger partial charge in [0.25, 0.3) is 0 Å². The van der Waals surface area contributed by atoms with E-state index in [1.165, 1.54) is 22.1 Å². The summed E-state index contributed by atoms with van der Waals surface area (Å²) in [5.74, 6) is 1.77. The van der Waals surface area contributed by atoms with Gasteiger partial charge in [0.05, 0.1) is 0 Å². The molecular formula is C13H17N5OS. The number of nitrogens with zero attached hydrogens (tertiary/aromatic N) is 4. The molecule has 2 aromatic rings. The Hall–Kier alpha value is -1.89. The number of nitrogens with one attached hydrogen (secondary N) is 1. The molecule has 0 radical (unpaired) electrons. The van der Waals surface area contributed by atoms with E-state index in [1.807, 2.05) is 0 Å². The van der Waals surface area contributed by atoms with Gasteiger partial charge < -0.3 is 5.32 Å². The minimum absolute atomic E-state index is 0.0757. The third-order valence-electron chi connectivity index (χ3n) is 2.65. The van der Waals surface area contributed by atoms with Crippen molar-refractivity contribution in [3.8, 4) is 0 Å². The van der Waals surface area contributed by atoms with Crippen molar-refractivity contribution in [3.63, 3.8) is 0 Å². The molecule has 0 bridgehead atoms. The van der Waals surface area contributed by atoms with Crippen LogP contribution in [0.1, 0.15) is 11.1 Å². The van der Waals surface area contributed by atoms with Gasteiger partial charge in [-0.05, 0) is 22.9 Å². The molecule has 7 heteroatoms. The summed E-state index contributed by atoms with van der Waals surface area (Å²) in [6.07, 6.45) is 1.42. The van der Waals surface area contributed by atoms with E-state index in [2.05, 4.69) is 52.0 Å². The third-order valence-corrected chi connectivity index (χ3v) is 3.69. The number of carbonyl (C=O) groups is 1. The average molecular weight is 291 g/mol. The van der Waals surface area contributed by atoms with Gasteiger partial charge in [0.15, 0.2) is 0 Å². The Morgan fingerprint density at radius 2 is 2.15 bits per heavy atom. The fourth-order valence-corrected chi connectivity index (χ4v) is 2.41. The van der Waals surface area contributed by atoms with E-state index in [4.69, 9.17) is 0 Å². The predicted octanol–water partition coefficient (Wildman–Crippen LogP) is 1.03. The third kappa shape index (κ3) is 5.00. The Kier molecular flexibility index (Phi) is 5.55. The molecule has 0 aliphatic heterocycles. The molecule has 6 nitrogen and oxygen atoms in total. The van der Waals surface area contributed by atoms with Crippen molar-refractivity contribution in [2.75, 3.05) is 12.3 Å². The van der Waals surface area contributed by atoms with Crippen LogP contribution in [0, 0.1) is 6.92 Å². The Morgan fingerprint density at radius 1 is 1.35 bits per heavy atom. The molecule has 1 N–H and O–H groups in total. The Bertz CT molecular complexity index is 526. The van der Waals surface area contributed by atoms with Crippen molar-refractivity contribution in [1.29, 1.82) is 0 Å². The van der Waals surface area contributed by atoms with Gasteiger partial charge in [-0.1, -0.05) is 29.8 Å². The van der Waals surface area contributed by atoms with E-state index in [0.29, 0.717) is 6.54 Å². The summed E-state index contributed by atoms with van der Waals surface area (Å²) in [7, 11) is 0. The second-order valence-corrected chi connectivity index (χ2v) is 5.50. The fraction of sp³-hybridized carbons (Fsp3) is 0.385. The number of benzene rings is 1. The van der Waals surface area contributed by atoms with Gasteiger partial charge >= 0.3 is 0 Å². The summed E-state index contributed by atoms with van der Waals surface area (Å²) in [4.78, 5) is 11.5. The van der Waals surface area contributed by atoms with Crippen molar-refractivity contribution >= 4 is 17.7 Å². The second kappa shape index (κ2) is 7.64. The standard InChI is InChI=1S/C13H17N5OS/c1-11-2-4-12(5-3-11)9-20-7-6-14-13(19)8-18-10-15-16-17-18/h2-5,10H,6-9H2,1H3,(H,14,19). The number of amides is 1. The molecular weight excluding hydrogens is 274 g/mol. The van der Waals surface area contributed by atoms with Gasteiger partial charge in [-0.2, -0.15) is 11.8 Å². The maximum atomic E-state index is 11.5. The molecule has 0 spiro atoms. The fourth-order valence-electron chi connectivity index (χ4n) is 1.59. The van der Waals surface area contributed by atoms with Crippen LogP contribution in [-0.2, 0) is 17.1 Å². The van der Waals surface area contributed by atoms with Crippen molar-refractivity contribution < 1.29 is 4.79 Å². The van der Waals surface area contributed by atoms with Gasteiger partial charge in [-0.15, -0.1) is 5.10 Å². The summed E-state index contributed by atoms with van der Waals surface area (Å²) in [5, 5.41) is 13.4. The maximum absolute atomic E-state index is 11.5. The van der Waals surface area contributed by atoms with E-state index in [9.17, 15) is 4.79 Å². The lowest BCUT2D eigenvalue weighted by atomic mass is 10.2. The average Bonchev–Trinajstić information content (AvgIpc) is 2.93. The number of aromatic nitrogens is 4. The molecule has 1 aromatic carbocycles. The Morgan fingerprint density at radius 3 is 2.85 bits per heavy atom.